The van der Waals surface area contributed by atoms with Gasteiger partial charge in [0.15, 0.2) is 0 Å². The topological polar surface area (TPSA) is 68.3 Å². The molecule has 0 spiro atoms. The van der Waals surface area contributed by atoms with E-state index in [4.69, 9.17) is 10.2 Å². The molecule has 0 aliphatic carbocycles. The summed E-state index contributed by atoms with van der Waals surface area (Å²) in [6.45, 7) is 0.442. The zero-order valence-corrected chi connectivity index (χ0v) is 10.0. The van der Waals surface area contributed by atoms with Crippen molar-refractivity contribution in [3.05, 3.63) is 60.1 Å². The van der Waals surface area contributed by atoms with E-state index >= 15 is 0 Å². The molecule has 3 N–H and O–H groups in total. The molecule has 0 aliphatic heterocycles. The fraction of sp³-hybridized carbons (Fsp3) is 0.214. The molecular formula is C14H16N2O2. The number of carbonyl (C=O) groups is 1. The molecule has 4 nitrogen and oxygen atoms in total. The summed E-state index contributed by atoms with van der Waals surface area (Å²) < 4.78 is 4.92. The molecule has 4 heteroatoms. The predicted octanol–water partition coefficient (Wildman–Crippen LogP) is 1.47. The van der Waals surface area contributed by atoms with Gasteiger partial charge < -0.3 is 15.5 Å². The number of nitrogens with one attached hydrogen (secondary N) is 1. The summed E-state index contributed by atoms with van der Waals surface area (Å²) in [5.41, 5.74) is 7.84. The van der Waals surface area contributed by atoms with Crippen LogP contribution in [0.2, 0.25) is 0 Å². The number of amides is 1. The van der Waals surface area contributed by atoms with Crippen molar-refractivity contribution in [2.24, 2.45) is 5.73 Å². The SMILES string of the molecule is N[C@H](Cc1ccccc1)C(=O)NCc1ccoc1. The Morgan fingerprint density at radius 2 is 2.00 bits per heavy atom. The molecular weight excluding hydrogens is 228 g/mol. The molecule has 1 amide bonds. The largest absolute Gasteiger partial charge is 0.472 e. The molecule has 1 aromatic carbocycles. The van der Waals surface area contributed by atoms with E-state index in [0.717, 1.165) is 11.1 Å². The number of carbonyl (C=O) groups excluding carboxylic acids is 1. The quantitative estimate of drug-likeness (QED) is 0.836. The lowest BCUT2D eigenvalue weighted by molar-refractivity contribution is -0.122. The van der Waals surface area contributed by atoms with Crippen molar-refractivity contribution in [1.29, 1.82) is 0 Å². The Bertz CT molecular complexity index is 480. The lowest BCUT2D eigenvalue weighted by atomic mass is 10.1. The summed E-state index contributed by atoms with van der Waals surface area (Å²) in [5, 5.41) is 2.78. The minimum atomic E-state index is -0.528. The van der Waals surface area contributed by atoms with Gasteiger partial charge in [-0.3, -0.25) is 4.79 Å². The maximum absolute atomic E-state index is 11.8. The number of nitrogens with two attached hydrogens (primary N) is 1. The maximum atomic E-state index is 11.8. The maximum Gasteiger partial charge on any atom is 0.237 e. The smallest absolute Gasteiger partial charge is 0.237 e. The lowest BCUT2D eigenvalue weighted by Gasteiger charge is -2.11. The summed E-state index contributed by atoms with van der Waals surface area (Å²) in [6, 6.07) is 11.0. The van der Waals surface area contributed by atoms with Crippen LogP contribution in [0.25, 0.3) is 0 Å². The Labute approximate surface area is 106 Å². The van der Waals surface area contributed by atoms with Crippen LogP contribution in [0, 0.1) is 0 Å². The minimum absolute atomic E-state index is 0.153. The second-order valence-corrected chi connectivity index (χ2v) is 4.15. The van der Waals surface area contributed by atoms with E-state index in [1.165, 1.54) is 0 Å². The standard InChI is InChI=1S/C14H16N2O2/c15-13(8-11-4-2-1-3-5-11)14(17)16-9-12-6-7-18-10-12/h1-7,10,13H,8-9,15H2,(H,16,17)/t13-/m1/s1. The molecule has 1 aromatic heterocycles. The van der Waals surface area contributed by atoms with Crippen molar-refractivity contribution >= 4 is 5.91 Å². The van der Waals surface area contributed by atoms with Gasteiger partial charge in [-0.25, -0.2) is 0 Å². The monoisotopic (exact) mass is 244 g/mol. The zero-order valence-electron chi connectivity index (χ0n) is 10.0. The molecule has 18 heavy (non-hydrogen) atoms. The van der Waals surface area contributed by atoms with Gasteiger partial charge in [0, 0.05) is 12.1 Å². The highest BCUT2D eigenvalue weighted by atomic mass is 16.3. The predicted molar refractivity (Wildman–Crippen MR) is 68.7 cm³/mol. The molecule has 0 saturated carbocycles. The zero-order chi connectivity index (χ0) is 12.8. The van der Waals surface area contributed by atoms with Crippen molar-refractivity contribution in [1.82, 2.24) is 5.32 Å². The Hall–Kier alpha value is -2.07. The van der Waals surface area contributed by atoms with E-state index in [1.54, 1.807) is 12.5 Å². The Morgan fingerprint density at radius 3 is 2.67 bits per heavy atom. The highest BCUT2D eigenvalue weighted by Gasteiger charge is 2.13. The summed E-state index contributed by atoms with van der Waals surface area (Å²) in [7, 11) is 0. The first-order valence-corrected chi connectivity index (χ1v) is 5.84. The third-order valence-corrected chi connectivity index (χ3v) is 2.68. The van der Waals surface area contributed by atoms with Crippen LogP contribution in [0.3, 0.4) is 0 Å². The normalized spacial score (nSPS) is 12.1. The van der Waals surface area contributed by atoms with E-state index in [2.05, 4.69) is 5.32 Å². The van der Waals surface area contributed by atoms with Crippen LogP contribution < -0.4 is 11.1 Å². The molecule has 2 aromatic rings. The summed E-state index contributed by atoms with van der Waals surface area (Å²) in [4.78, 5) is 11.8. The van der Waals surface area contributed by atoms with E-state index in [1.807, 2.05) is 36.4 Å². The molecule has 0 fully saturated rings. The van der Waals surface area contributed by atoms with E-state index in [9.17, 15) is 4.79 Å². The van der Waals surface area contributed by atoms with Crippen LogP contribution in [0.5, 0.6) is 0 Å². The lowest BCUT2D eigenvalue weighted by Crippen LogP contribution is -2.41. The van der Waals surface area contributed by atoms with E-state index in [0.29, 0.717) is 13.0 Å². The average Bonchev–Trinajstić information content (AvgIpc) is 2.90. The van der Waals surface area contributed by atoms with Crippen LogP contribution in [0.4, 0.5) is 0 Å². The van der Waals surface area contributed by atoms with Crippen LogP contribution >= 0.6 is 0 Å². The number of furan rings is 1. The van der Waals surface area contributed by atoms with Crippen molar-refractivity contribution in [3.63, 3.8) is 0 Å². The van der Waals surface area contributed by atoms with Gasteiger partial charge in [0.05, 0.1) is 18.6 Å². The molecule has 94 valence electrons. The fourth-order valence-electron chi connectivity index (χ4n) is 1.67. The van der Waals surface area contributed by atoms with Gasteiger partial charge in [-0.05, 0) is 18.1 Å². The van der Waals surface area contributed by atoms with Crippen molar-refractivity contribution in [2.45, 2.75) is 19.0 Å². The molecule has 0 saturated heterocycles. The van der Waals surface area contributed by atoms with Gasteiger partial charge in [-0.1, -0.05) is 30.3 Å². The van der Waals surface area contributed by atoms with Gasteiger partial charge in [0.25, 0.3) is 0 Å². The molecule has 0 bridgehead atoms. The Kier molecular flexibility index (Phi) is 4.15. The van der Waals surface area contributed by atoms with E-state index in [-0.39, 0.29) is 5.91 Å². The second kappa shape index (κ2) is 6.02. The Morgan fingerprint density at radius 1 is 1.22 bits per heavy atom. The highest BCUT2D eigenvalue weighted by molar-refractivity contribution is 5.81. The van der Waals surface area contributed by atoms with Gasteiger partial charge in [0.2, 0.25) is 5.91 Å². The molecule has 0 aliphatic rings. The average molecular weight is 244 g/mol. The van der Waals surface area contributed by atoms with Crippen molar-refractivity contribution in [3.8, 4) is 0 Å². The molecule has 0 unspecified atom stereocenters. The minimum Gasteiger partial charge on any atom is -0.472 e. The fourth-order valence-corrected chi connectivity index (χ4v) is 1.67. The van der Waals surface area contributed by atoms with Gasteiger partial charge in [-0.2, -0.15) is 0 Å². The Balaban J connectivity index is 1.82. The van der Waals surface area contributed by atoms with E-state index < -0.39 is 6.04 Å². The van der Waals surface area contributed by atoms with Gasteiger partial charge in [0.1, 0.15) is 0 Å². The van der Waals surface area contributed by atoms with Crippen molar-refractivity contribution in [2.75, 3.05) is 0 Å². The summed E-state index contributed by atoms with van der Waals surface area (Å²) >= 11 is 0. The number of benzene rings is 1. The number of hydrogen-bond acceptors (Lipinski definition) is 3. The first-order chi connectivity index (χ1) is 8.75. The molecule has 2 rings (SSSR count). The van der Waals surface area contributed by atoms with Crippen LogP contribution in [-0.4, -0.2) is 11.9 Å². The number of hydrogen-bond donors (Lipinski definition) is 2. The third-order valence-electron chi connectivity index (χ3n) is 2.68. The van der Waals surface area contributed by atoms with Gasteiger partial charge in [-0.15, -0.1) is 0 Å². The van der Waals surface area contributed by atoms with Gasteiger partial charge >= 0.3 is 0 Å². The first-order valence-electron chi connectivity index (χ1n) is 5.84. The molecule has 1 heterocycles. The molecule has 0 radical (unpaired) electrons. The van der Waals surface area contributed by atoms with Crippen molar-refractivity contribution < 1.29 is 9.21 Å². The number of rotatable bonds is 5. The summed E-state index contributed by atoms with van der Waals surface area (Å²) in [5.74, 6) is -0.153. The van der Waals surface area contributed by atoms with Crippen LogP contribution in [0.15, 0.2) is 53.3 Å². The van der Waals surface area contributed by atoms with Crippen LogP contribution in [0.1, 0.15) is 11.1 Å². The highest BCUT2D eigenvalue weighted by Crippen LogP contribution is 2.03. The van der Waals surface area contributed by atoms with Crippen LogP contribution in [-0.2, 0) is 17.8 Å². The summed E-state index contributed by atoms with van der Waals surface area (Å²) in [6.07, 6.45) is 3.71. The second-order valence-electron chi connectivity index (χ2n) is 4.15. The third kappa shape index (κ3) is 3.46. The molecule has 1 atom stereocenters. The first kappa shape index (κ1) is 12.4.